The predicted molar refractivity (Wildman–Crippen MR) is 156 cm³/mol. The number of rotatable bonds is 6. The van der Waals surface area contributed by atoms with E-state index in [0.29, 0.717) is 24.0 Å². The molecule has 0 aliphatic carbocycles. The molecule has 2 unspecified atom stereocenters. The third-order valence-electron chi connectivity index (χ3n) is 7.30. The Morgan fingerprint density at radius 3 is 2.71 bits per heavy atom. The van der Waals surface area contributed by atoms with Gasteiger partial charge in [0, 0.05) is 37.1 Å². The number of allylic oxidation sites excluding steroid dienone is 2. The summed E-state index contributed by atoms with van der Waals surface area (Å²) in [7, 11) is 0. The molecule has 1 aromatic heterocycles. The Hall–Kier alpha value is -4.45. The Balaban J connectivity index is 1.31. The molecule has 2 aliphatic rings. The second-order valence-electron chi connectivity index (χ2n) is 9.92. The van der Waals surface area contributed by atoms with E-state index in [1.165, 1.54) is 16.5 Å². The summed E-state index contributed by atoms with van der Waals surface area (Å²) < 4.78 is 10.6. The number of nitrogens with two attached hydrogens (primary N) is 1. The summed E-state index contributed by atoms with van der Waals surface area (Å²) in [5.41, 5.74) is 9.10. The van der Waals surface area contributed by atoms with Crippen molar-refractivity contribution >= 4 is 53.5 Å². The topological polar surface area (TPSA) is 151 Å². The van der Waals surface area contributed by atoms with Crippen molar-refractivity contribution in [2.24, 2.45) is 0 Å². The van der Waals surface area contributed by atoms with Gasteiger partial charge in [-0.2, -0.15) is 0 Å². The van der Waals surface area contributed by atoms with Gasteiger partial charge in [-0.05, 0) is 42.7 Å². The molecule has 2 aliphatic heterocycles. The molecule has 42 heavy (non-hydrogen) atoms. The normalized spacial score (nSPS) is 18.5. The summed E-state index contributed by atoms with van der Waals surface area (Å²) in [6.07, 6.45) is 0.433. The molecule has 1 fully saturated rings. The quantitative estimate of drug-likeness (QED) is 0.386. The van der Waals surface area contributed by atoms with E-state index in [1.807, 2.05) is 18.2 Å². The first-order valence-electron chi connectivity index (χ1n) is 13.3. The fraction of sp³-hybridized carbons (Fsp3) is 0.267. The number of ether oxygens (including phenoxy) is 1. The van der Waals surface area contributed by atoms with Crippen LogP contribution in [-0.4, -0.2) is 64.8 Å². The van der Waals surface area contributed by atoms with Crippen molar-refractivity contribution in [2.75, 3.05) is 30.3 Å². The lowest BCUT2D eigenvalue weighted by atomic mass is 9.99. The smallest absolute Gasteiger partial charge is 0.259 e. The van der Waals surface area contributed by atoms with Crippen molar-refractivity contribution in [3.8, 4) is 0 Å². The van der Waals surface area contributed by atoms with E-state index in [2.05, 4.69) is 23.1 Å². The number of amides is 3. The minimum atomic E-state index is -1.83. The highest BCUT2D eigenvalue weighted by Gasteiger charge is 2.39. The average Bonchev–Trinajstić information content (AvgIpc) is 3.32. The second-order valence-corrected chi connectivity index (χ2v) is 10.3. The molecular formula is C30H30ClN5O6. The molecule has 1 saturated heterocycles. The number of nitrogens with zero attached hydrogens (tertiary/aromatic N) is 3. The zero-order chi connectivity index (χ0) is 30.0. The number of benzene rings is 2. The van der Waals surface area contributed by atoms with Gasteiger partial charge in [0.15, 0.2) is 23.4 Å². The zero-order valence-electron chi connectivity index (χ0n) is 22.9. The summed E-state index contributed by atoms with van der Waals surface area (Å²) in [4.78, 5) is 42.9. The number of carbonyl (C=O) groups is 3. The van der Waals surface area contributed by atoms with Crippen LogP contribution < -0.4 is 26.6 Å². The van der Waals surface area contributed by atoms with Crippen molar-refractivity contribution in [3.63, 3.8) is 0 Å². The Morgan fingerprint density at radius 2 is 2.00 bits per heavy atom. The van der Waals surface area contributed by atoms with Gasteiger partial charge in [0.1, 0.15) is 0 Å². The Kier molecular flexibility index (Phi) is 8.44. The molecular weight excluding hydrogens is 562 g/mol. The van der Waals surface area contributed by atoms with Gasteiger partial charge in [0.05, 0.1) is 22.4 Å². The number of aromatic nitrogens is 1. The number of hydrogen-bond acceptors (Lipinski definition) is 8. The van der Waals surface area contributed by atoms with Crippen molar-refractivity contribution in [1.82, 2.24) is 15.4 Å². The molecule has 0 saturated carbocycles. The molecule has 4 N–H and O–H groups in total. The monoisotopic (exact) mass is 591 g/mol. The number of nitrogens with one attached hydrogen (secondary N) is 1. The summed E-state index contributed by atoms with van der Waals surface area (Å²) in [6.45, 7) is 6.63. The summed E-state index contributed by atoms with van der Waals surface area (Å²) >= 11 is 6.44. The average molecular weight is 592 g/mol. The lowest BCUT2D eigenvalue weighted by molar-refractivity contribution is -0.152. The number of anilines is 2. The number of fused-ring (bicyclic) bond motifs is 1. The highest BCUT2D eigenvalue weighted by atomic mass is 35.5. The molecule has 3 heterocycles. The largest absolute Gasteiger partial charge is 0.380 e. The van der Waals surface area contributed by atoms with E-state index in [4.69, 9.17) is 26.6 Å². The maximum atomic E-state index is 13.5. The first-order chi connectivity index (χ1) is 20.2. The molecule has 0 spiro atoms. The van der Waals surface area contributed by atoms with Gasteiger partial charge in [0.25, 0.3) is 17.7 Å². The van der Waals surface area contributed by atoms with Crippen LogP contribution >= 0.6 is 11.6 Å². The van der Waals surface area contributed by atoms with E-state index < -0.39 is 24.0 Å². The minimum absolute atomic E-state index is 0.0559. The van der Waals surface area contributed by atoms with Crippen molar-refractivity contribution in [3.05, 3.63) is 86.6 Å². The number of halogens is 1. The van der Waals surface area contributed by atoms with Crippen LogP contribution in [0.15, 0.2) is 58.8 Å². The number of morpholine rings is 1. The fourth-order valence-corrected chi connectivity index (χ4v) is 5.11. The molecule has 3 amide bonds. The maximum Gasteiger partial charge on any atom is 0.259 e. The van der Waals surface area contributed by atoms with Crippen LogP contribution in [0.25, 0.3) is 12.7 Å². The third kappa shape index (κ3) is 5.80. The summed E-state index contributed by atoms with van der Waals surface area (Å²) in [5.74, 6) is -1.64. The first-order valence-corrected chi connectivity index (χ1v) is 13.7. The third-order valence-corrected chi connectivity index (χ3v) is 7.63. The molecule has 0 radical (unpaired) electrons. The van der Waals surface area contributed by atoms with Gasteiger partial charge in [-0.1, -0.05) is 53.7 Å². The van der Waals surface area contributed by atoms with Gasteiger partial charge >= 0.3 is 0 Å². The Morgan fingerprint density at radius 1 is 1.24 bits per heavy atom. The molecule has 2 atom stereocenters. The van der Waals surface area contributed by atoms with Crippen molar-refractivity contribution in [1.29, 1.82) is 0 Å². The molecule has 3 aromatic rings. The van der Waals surface area contributed by atoms with E-state index in [1.54, 1.807) is 36.1 Å². The van der Waals surface area contributed by atoms with Gasteiger partial charge in [-0.15, -0.1) is 0 Å². The van der Waals surface area contributed by atoms with Crippen molar-refractivity contribution < 1.29 is 28.8 Å². The van der Waals surface area contributed by atoms with Gasteiger partial charge < -0.3 is 35.2 Å². The lowest BCUT2D eigenvalue weighted by Crippen LogP contribution is -2.56. The van der Waals surface area contributed by atoms with E-state index in [9.17, 15) is 19.5 Å². The molecule has 2 aromatic carbocycles. The van der Waals surface area contributed by atoms with E-state index in [0.717, 1.165) is 12.0 Å². The Labute approximate surface area is 246 Å². The molecule has 0 bridgehead atoms. The molecule has 12 heteroatoms. The van der Waals surface area contributed by atoms with Crippen LogP contribution in [0.2, 0.25) is 5.02 Å². The summed E-state index contributed by atoms with van der Waals surface area (Å²) in [5, 5.41) is 17.6. The predicted octanol–water partition coefficient (Wildman–Crippen LogP) is 1.11. The van der Waals surface area contributed by atoms with E-state index >= 15 is 0 Å². The minimum Gasteiger partial charge on any atom is -0.380 e. The molecule has 218 valence electrons. The SMILES string of the molecule is C=c1c(N)noc1=CC(=CC)NC(=O)C(O)C1OCCN(c2ccc(Cl)c(C(=O)N3CCc4ccccc4C3)c2)C1=O. The first kappa shape index (κ1) is 29.1. The number of aliphatic hydroxyl groups is 1. The van der Waals surface area contributed by atoms with Crippen LogP contribution in [0.4, 0.5) is 11.5 Å². The standard InChI is InChI=1S/C30H30ClN5O6/c1-3-20(14-24-17(2)27(32)34-42-24)33-28(38)25(37)26-30(40)36(12-13-41-26)21-8-9-23(31)22(15-21)29(39)35-11-10-18-6-4-5-7-19(18)16-35/h3-9,14-15,25-26,37H,2,10-13,16H2,1H3,(H2,32,34)(H,33,38). The van der Waals surface area contributed by atoms with Gasteiger partial charge in [0.2, 0.25) is 0 Å². The fourth-order valence-electron chi connectivity index (χ4n) is 4.91. The van der Waals surface area contributed by atoms with Crippen LogP contribution in [0.1, 0.15) is 28.4 Å². The van der Waals surface area contributed by atoms with Crippen LogP contribution in [0, 0.1) is 0 Å². The number of carbonyl (C=O) groups excluding carboxylic acids is 3. The lowest BCUT2D eigenvalue weighted by Gasteiger charge is -2.34. The van der Waals surface area contributed by atoms with Crippen molar-refractivity contribution in [2.45, 2.75) is 32.1 Å². The zero-order valence-corrected chi connectivity index (χ0v) is 23.6. The highest BCUT2D eigenvalue weighted by Crippen LogP contribution is 2.29. The molecule has 5 rings (SSSR count). The van der Waals surface area contributed by atoms with E-state index in [-0.39, 0.29) is 46.6 Å². The summed E-state index contributed by atoms with van der Waals surface area (Å²) in [6, 6.07) is 12.7. The Bertz CT molecular complexity index is 1690. The van der Waals surface area contributed by atoms with Crippen LogP contribution in [0.3, 0.4) is 0 Å². The highest BCUT2D eigenvalue weighted by molar-refractivity contribution is 6.34. The number of nitrogen functional groups attached to an aromatic ring is 1. The van der Waals surface area contributed by atoms with Gasteiger partial charge in [-0.25, -0.2) is 0 Å². The second kappa shape index (κ2) is 12.2. The number of hydrogen-bond donors (Lipinski definition) is 3. The van der Waals surface area contributed by atoms with Crippen LogP contribution in [-0.2, 0) is 27.3 Å². The maximum absolute atomic E-state index is 13.5. The van der Waals surface area contributed by atoms with Gasteiger partial charge in [-0.3, -0.25) is 14.4 Å². The molecule has 11 nitrogen and oxygen atoms in total. The van der Waals surface area contributed by atoms with Crippen LogP contribution in [0.5, 0.6) is 0 Å². The number of aliphatic hydroxyl groups excluding tert-OH is 1.